The molecule has 0 bridgehead atoms. The molecule has 8 heteroatoms. The number of carbonyl (C=O) groups excluding carboxylic acids is 1. The number of aliphatic hydroxyl groups is 2. The zero-order valence-electron chi connectivity index (χ0n) is 17.2. The monoisotopic (exact) mass is 434 g/mol. The number of ether oxygens (including phenoxy) is 2. The molecule has 0 aliphatic carbocycles. The number of benzene rings is 1. The van der Waals surface area contributed by atoms with Gasteiger partial charge in [0, 0.05) is 49.6 Å². The smallest absolute Gasteiger partial charge is 0.277 e. The predicted octanol–water partition coefficient (Wildman–Crippen LogP) is -1.77. The summed E-state index contributed by atoms with van der Waals surface area (Å²) < 4.78 is 11.9. The molecule has 0 aliphatic heterocycles. The van der Waals surface area contributed by atoms with Gasteiger partial charge in [0.1, 0.15) is 0 Å². The molecule has 2 N–H and O–H groups in total. The number of methoxy groups -OCH3 is 2. The van der Waals surface area contributed by atoms with Gasteiger partial charge in [0.25, 0.3) is 5.91 Å². The number of nitrogens with zero attached hydrogens (tertiary/aromatic N) is 2. The van der Waals surface area contributed by atoms with Crippen molar-refractivity contribution in [1.82, 2.24) is 0 Å². The van der Waals surface area contributed by atoms with E-state index in [0.29, 0.717) is 23.3 Å². The van der Waals surface area contributed by atoms with Crippen molar-refractivity contribution in [2.24, 2.45) is 0 Å². The Labute approximate surface area is 182 Å². The Morgan fingerprint density at radius 3 is 2.20 bits per heavy atom. The maximum Gasteiger partial charge on any atom is 0.277 e. The van der Waals surface area contributed by atoms with E-state index in [-0.39, 0.29) is 18.3 Å². The van der Waals surface area contributed by atoms with Crippen molar-refractivity contribution < 1.29 is 41.6 Å². The van der Waals surface area contributed by atoms with Crippen LogP contribution in [0.15, 0.2) is 42.7 Å². The van der Waals surface area contributed by atoms with Gasteiger partial charge in [-0.05, 0) is 17.2 Å². The van der Waals surface area contributed by atoms with E-state index in [4.69, 9.17) is 14.6 Å². The molecule has 1 amide bonds. The highest BCUT2D eigenvalue weighted by Gasteiger charge is 2.18. The van der Waals surface area contributed by atoms with Crippen molar-refractivity contribution in [1.29, 1.82) is 0 Å². The Hall–Kier alpha value is -2.87. The Balaban J connectivity index is 0.00000450. The molecule has 2 rings (SSSR count). The number of carbonyl (C=O) groups is 1. The molecule has 1 heterocycles. The van der Waals surface area contributed by atoms with Gasteiger partial charge in [-0.1, -0.05) is 29.0 Å². The van der Waals surface area contributed by atoms with E-state index in [0.717, 1.165) is 23.7 Å². The van der Waals surface area contributed by atoms with Crippen molar-refractivity contribution in [2.75, 3.05) is 26.3 Å². The summed E-state index contributed by atoms with van der Waals surface area (Å²) in [7, 11) is 4.80. The molecule has 0 radical (unpaired) electrons. The van der Waals surface area contributed by atoms with Crippen molar-refractivity contribution in [2.45, 2.75) is 19.1 Å². The highest BCUT2D eigenvalue weighted by atomic mass is 35.5. The molecule has 0 saturated carbocycles. The van der Waals surface area contributed by atoms with Gasteiger partial charge in [0.05, 0.1) is 19.6 Å². The van der Waals surface area contributed by atoms with Crippen molar-refractivity contribution in [3.8, 4) is 0 Å². The van der Waals surface area contributed by atoms with E-state index in [9.17, 15) is 9.90 Å². The number of hydrogen-bond acceptors (Lipinski definition) is 5. The first-order valence-electron chi connectivity index (χ1n) is 9.13. The van der Waals surface area contributed by atoms with Gasteiger partial charge >= 0.3 is 0 Å². The number of pyridine rings is 1. The molecular formula is C22H27ClN2O5. The molecule has 0 saturated heterocycles. The van der Waals surface area contributed by atoms with Crippen molar-refractivity contribution >= 4 is 30.6 Å². The molecule has 30 heavy (non-hydrogen) atoms. The van der Waals surface area contributed by atoms with Gasteiger partial charge in [0.15, 0.2) is 6.29 Å². The molecule has 0 spiro atoms. The second-order valence-corrected chi connectivity index (χ2v) is 6.35. The number of hydrogen-bond donors (Lipinski definition) is 2. The standard InChI is InChI=1S/C22H26N2O5.ClH/c1-23(21(27)8-9-22(28-2)29-3)24-12-10-17(11-13-24)4-5-18-6-7-19(15-25)20(14-18)16-26;/h4-7,10-16,22,25H,8-9H2,1-3H3;1H. The van der Waals surface area contributed by atoms with Crippen molar-refractivity contribution in [3.05, 3.63) is 64.3 Å². The number of amides is 1. The third kappa shape index (κ3) is 6.88. The molecule has 162 valence electrons. The van der Waals surface area contributed by atoms with Crippen LogP contribution < -0.4 is 32.5 Å². The van der Waals surface area contributed by atoms with Crippen LogP contribution in [0.2, 0.25) is 0 Å². The lowest BCUT2D eigenvalue weighted by molar-refractivity contribution is -0.680. The van der Waals surface area contributed by atoms with Gasteiger partial charge < -0.3 is 32.1 Å². The third-order valence-corrected chi connectivity index (χ3v) is 4.52. The maximum absolute atomic E-state index is 12.3. The molecule has 7 nitrogen and oxygen atoms in total. The lowest BCUT2D eigenvalue weighted by atomic mass is 10.1. The molecule has 0 atom stereocenters. The summed E-state index contributed by atoms with van der Waals surface area (Å²) in [5, 5.41) is 21.0. The fourth-order valence-electron chi connectivity index (χ4n) is 2.72. The first kappa shape index (κ1) is 25.2. The summed E-state index contributed by atoms with van der Waals surface area (Å²) in [6, 6.07) is 9.11. The second kappa shape index (κ2) is 12.6. The van der Waals surface area contributed by atoms with E-state index < -0.39 is 6.29 Å². The van der Waals surface area contributed by atoms with E-state index >= 15 is 0 Å². The van der Waals surface area contributed by atoms with Crippen LogP contribution in [0.4, 0.5) is 0 Å². The van der Waals surface area contributed by atoms with Gasteiger partial charge in [-0.2, -0.15) is 0 Å². The van der Waals surface area contributed by atoms with E-state index in [1.165, 1.54) is 5.01 Å². The Kier molecular flexibility index (Phi) is 10.6. The first-order chi connectivity index (χ1) is 14.0. The minimum absolute atomic E-state index is 0. The summed E-state index contributed by atoms with van der Waals surface area (Å²) in [5.41, 5.74) is 1.83. The Bertz CT molecular complexity index is 956. The zero-order valence-corrected chi connectivity index (χ0v) is 18.0. The number of aromatic nitrogens is 1. The van der Waals surface area contributed by atoms with Crippen LogP contribution in [0.25, 0.3) is 24.7 Å². The summed E-state index contributed by atoms with van der Waals surface area (Å²) in [4.78, 5) is 12.3. The quantitative estimate of drug-likeness (QED) is 0.380. The predicted molar refractivity (Wildman–Crippen MR) is 112 cm³/mol. The number of aliphatic hydroxyl groups excluding tert-OH is 2. The topological polar surface area (TPSA) is 83.1 Å². The minimum Gasteiger partial charge on any atom is -1.00 e. The Morgan fingerprint density at radius 2 is 1.63 bits per heavy atom. The second-order valence-electron chi connectivity index (χ2n) is 6.35. The zero-order chi connectivity index (χ0) is 21.2. The SMILES string of the molecule is COC(CCC(=O)N(C)[n+]1ccc(C=Cc2ccc(=CO)c(=CO)c2)cc1)OC.[Cl-]. The normalized spacial score (nSPS) is 12.4. The van der Waals surface area contributed by atoms with Crippen LogP contribution >= 0.6 is 0 Å². The lowest BCUT2D eigenvalue weighted by Crippen LogP contribution is -3.00. The van der Waals surface area contributed by atoms with Crippen LogP contribution in [0.1, 0.15) is 24.0 Å². The van der Waals surface area contributed by atoms with Gasteiger partial charge in [-0.15, -0.1) is 5.01 Å². The van der Waals surface area contributed by atoms with Crippen LogP contribution in [0, 0.1) is 0 Å². The summed E-state index contributed by atoms with van der Waals surface area (Å²) in [5.74, 6) is -0.0500. The number of rotatable bonds is 8. The molecule has 0 aliphatic rings. The van der Waals surface area contributed by atoms with Crippen molar-refractivity contribution in [3.63, 3.8) is 0 Å². The fraction of sp³-hybridized carbons (Fsp3) is 0.273. The van der Waals surface area contributed by atoms with Crippen LogP contribution in [0.3, 0.4) is 0 Å². The van der Waals surface area contributed by atoms with Gasteiger partial charge in [0.2, 0.25) is 12.4 Å². The molecule has 0 fully saturated rings. The highest BCUT2D eigenvalue weighted by Crippen LogP contribution is 2.05. The average Bonchev–Trinajstić information content (AvgIpc) is 2.77. The molecular weight excluding hydrogens is 408 g/mol. The summed E-state index contributed by atoms with van der Waals surface area (Å²) in [6.07, 6.45) is 9.74. The van der Waals surface area contributed by atoms with Crippen LogP contribution in [-0.2, 0) is 14.3 Å². The van der Waals surface area contributed by atoms with Gasteiger partial charge in [-0.25, -0.2) is 0 Å². The van der Waals surface area contributed by atoms with Crippen LogP contribution in [-0.4, -0.2) is 43.7 Å². The molecule has 0 unspecified atom stereocenters. The fourth-order valence-corrected chi connectivity index (χ4v) is 2.72. The number of halogens is 1. The lowest BCUT2D eigenvalue weighted by Gasteiger charge is -2.14. The maximum atomic E-state index is 12.3. The largest absolute Gasteiger partial charge is 1.00 e. The van der Waals surface area contributed by atoms with Gasteiger partial charge in [-0.3, -0.25) is 4.79 Å². The first-order valence-corrected chi connectivity index (χ1v) is 9.13. The summed E-state index contributed by atoms with van der Waals surface area (Å²) in [6.45, 7) is 0. The summed E-state index contributed by atoms with van der Waals surface area (Å²) >= 11 is 0. The third-order valence-electron chi connectivity index (χ3n) is 4.52. The van der Waals surface area contributed by atoms with Crippen LogP contribution in [0.5, 0.6) is 0 Å². The molecule has 1 aromatic carbocycles. The molecule has 2 aromatic rings. The van der Waals surface area contributed by atoms with E-state index in [2.05, 4.69) is 0 Å². The highest BCUT2D eigenvalue weighted by molar-refractivity contribution is 5.83. The molecule has 1 aromatic heterocycles. The minimum atomic E-state index is -0.391. The Morgan fingerprint density at radius 1 is 1.03 bits per heavy atom. The van der Waals surface area contributed by atoms with E-state index in [1.807, 2.05) is 30.4 Å². The average molecular weight is 435 g/mol. The van der Waals surface area contributed by atoms with E-state index in [1.54, 1.807) is 50.5 Å².